The minimum Gasteiger partial charge on any atom is -0.396 e. The lowest BCUT2D eigenvalue weighted by Gasteiger charge is -2.15. The maximum atomic E-state index is 11.4. The van der Waals surface area contributed by atoms with Crippen LogP contribution >= 0.6 is 0 Å². The summed E-state index contributed by atoms with van der Waals surface area (Å²) in [6, 6.07) is 3.52. The SMILES string of the molecule is Nc1cccnc1N1CCCC1=O. The normalized spacial score (nSPS) is 16.6. The Kier molecular flexibility index (Phi) is 1.88. The number of pyridine rings is 1. The second kappa shape index (κ2) is 3.05. The third-order valence-corrected chi connectivity index (χ3v) is 2.15. The molecule has 2 N–H and O–H groups in total. The summed E-state index contributed by atoms with van der Waals surface area (Å²) < 4.78 is 0. The number of nitrogens with zero attached hydrogens (tertiary/aromatic N) is 2. The van der Waals surface area contributed by atoms with Crippen LogP contribution in [0.4, 0.5) is 11.5 Å². The molecule has 1 aromatic heterocycles. The van der Waals surface area contributed by atoms with E-state index in [-0.39, 0.29) is 5.91 Å². The largest absolute Gasteiger partial charge is 0.396 e. The average Bonchev–Trinajstić information content (AvgIpc) is 2.52. The molecule has 0 spiro atoms. The molecule has 1 fully saturated rings. The van der Waals surface area contributed by atoms with Crippen molar-refractivity contribution in [2.24, 2.45) is 0 Å². The predicted molar refractivity (Wildman–Crippen MR) is 50.2 cm³/mol. The van der Waals surface area contributed by atoms with E-state index in [1.165, 1.54) is 0 Å². The number of nitrogen functional groups attached to an aromatic ring is 1. The molecule has 2 heterocycles. The first kappa shape index (κ1) is 8.04. The van der Waals surface area contributed by atoms with E-state index in [4.69, 9.17) is 5.73 Å². The van der Waals surface area contributed by atoms with Gasteiger partial charge in [-0.05, 0) is 18.6 Å². The Hall–Kier alpha value is -1.58. The standard InChI is InChI=1S/C9H11N3O/c10-7-3-1-5-11-9(7)12-6-2-4-8(12)13/h1,3,5H,2,4,6,10H2. The Morgan fingerprint density at radius 2 is 2.38 bits per heavy atom. The quantitative estimate of drug-likeness (QED) is 0.690. The van der Waals surface area contributed by atoms with Crippen molar-refractivity contribution in [3.05, 3.63) is 18.3 Å². The van der Waals surface area contributed by atoms with Gasteiger partial charge in [-0.15, -0.1) is 0 Å². The molecule has 0 aromatic carbocycles. The fourth-order valence-corrected chi connectivity index (χ4v) is 1.51. The molecular weight excluding hydrogens is 166 g/mol. The van der Waals surface area contributed by atoms with Gasteiger partial charge in [0.25, 0.3) is 0 Å². The van der Waals surface area contributed by atoms with Gasteiger partial charge in [0.1, 0.15) is 0 Å². The van der Waals surface area contributed by atoms with Crippen molar-refractivity contribution in [1.82, 2.24) is 4.98 Å². The Bertz CT molecular complexity index is 337. The van der Waals surface area contributed by atoms with E-state index in [0.29, 0.717) is 17.9 Å². The highest BCUT2D eigenvalue weighted by molar-refractivity contribution is 5.96. The molecule has 0 atom stereocenters. The zero-order chi connectivity index (χ0) is 9.26. The Labute approximate surface area is 76.4 Å². The third-order valence-electron chi connectivity index (χ3n) is 2.15. The minimum atomic E-state index is 0.116. The lowest BCUT2D eigenvalue weighted by Crippen LogP contribution is -2.25. The van der Waals surface area contributed by atoms with Gasteiger partial charge in [0.05, 0.1) is 5.69 Å². The highest BCUT2D eigenvalue weighted by Gasteiger charge is 2.23. The minimum absolute atomic E-state index is 0.116. The van der Waals surface area contributed by atoms with Crippen LogP contribution in [0.2, 0.25) is 0 Å². The number of anilines is 2. The smallest absolute Gasteiger partial charge is 0.228 e. The number of aromatic nitrogens is 1. The van der Waals surface area contributed by atoms with Crippen LogP contribution in [0.3, 0.4) is 0 Å². The van der Waals surface area contributed by atoms with E-state index in [2.05, 4.69) is 4.98 Å². The molecule has 2 rings (SSSR count). The molecular formula is C9H11N3O. The number of hydrogen-bond acceptors (Lipinski definition) is 3. The molecule has 1 amide bonds. The Balaban J connectivity index is 2.34. The van der Waals surface area contributed by atoms with Gasteiger partial charge >= 0.3 is 0 Å². The maximum absolute atomic E-state index is 11.4. The first-order valence-electron chi connectivity index (χ1n) is 4.30. The summed E-state index contributed by atoms with van der Waals surface area (Å²) in [4.78, 5) is 17.1. The first-order chi connectivity index (χ1) is 6.29. The number of amides is 1. The van der Waals surface area contributed by atoms with Crippen molar-refractivity contribution in [3.8, 4) is 0 Å². The van der Waals surface area contributed by atoms with Crippen molar-refractivity contribution in [1.29, 1.82) is 0 Å². The van der Waals surface area contributed by atoms with Gasteiger partial charge in [0, 0.05) is 19.2 Å². The fraction of sp³-hybridized carbons (Fsp3) is 0.333. The molecule has 13 heavy (non-hydrogen) atoms. The van der Waals surface area contributed by atoms with Gasteiger partial charge in [0.2, 0.25) is 5.91 Å². The lowest BCUT2D eigenvalue weighted by atomic mass is 10.4. The maximum Gasteiger partial charge on any atom is 0.228 e. The number of carbonyl (C=O) groups is 1. The second-order valence-electron chi connectivity index (χ2n) is 3.07. The topological polar surface area (TPSA) is 59.2 Å². The summed E-state index contributed by atoms with van der Waals surface area (Å²) >= 11 is 0. The van der Waals surface area contributed by atoms with Crippen molar-refractivity contribution in [2.75, 3.05) is 17.2 Å². The zero-order valence-corrected chi connectivity index (χ0v) is 7.23. The van der Waals surface area contributed by atoms with Gasteiger partial charge < -0.3 is 5.73 Å². The molecule has 0 bridgehead atoms. The van der Waals surface area contributed by atoms with Crippen LogP contribution in [0, 0.1) is 0 Å². The highest BCUT2D eigenvalue weighted by Crippen LogP contribution is 2.23. The summed E-state index contributed by atoms with van der Waals surface area (Å²) in [6.07, 6.45) is 3.15. The number of nitrogens with two attached hydrogens (primary N) is 1. The van der Waals surface area contributed by atoms with Gasteiger partial charge in [0.15, 0.2) is 5.82 Å². The fourth-order valence-electron chi connectivity index (χ4n) is 1.51. The molecule has 1 aromatic rings. The number of hydrogen-bond donors (Lipinski definition) is 1. The summed E-state index contributed by atoms with van der Waals surface area (Å²) in [5.41, 5.74) is 6.27. The van der Waals surface area contributed by atoms with Crippen LogP contribution < -0.4 is 10.6 Å². The van der Waals surface area contributed by atoms with Crippen molar-refractivity contribution < 1.29 is 4.79 Å². The molecule has 0 saturated carbocycles. The van der Waals surface area contributed by atoms with E-state index in [1.54, 1.807) is 23.2 Å². The predicted octanol–water partition coefficient (Wildman–Crippen LogP) is 0.791. The van der Waals surface area contributed by atoms with Gasteiger partial charge in [-0.3, -0.25) is 9.69 Å². The van der Waals surface area contributed by atoms with E-state index in [9.17, 15) is 4.79 Å². The number of rotatable bonds is 1. The van der Waals surface area contributed by atoms with E-state index in [1.807, 2.05) is 0 Å². The van der Waals surface area contributed by atoms with E-state index in [0.717, 1.165) is 13.0 Å². The van der Waals surface area contributed by atoms with Gasteiger partial charge in [-0.2, -0.15) is 0 Å². The molecule has 0 aliphatic carbocycles. The monoisotopic (exact) mass is 177 g/mol. The van der Waals surface area contributed by atoms with Crippen LogP contribution in [-0.4, -0.2) is 17.4 Å². The highest BCUT2D eigenvalue weighted by atomic mass is 16.2. The second-order valence-corrected chi connectivity index (χ2v) is 3.07. The Morgan fingerprint density at radius 3 is 3.00 bits per heavy atom. The molecule has 0 unspecified atom stereocenters. The van der Waals surface area contributed by atoms with Crippen LogP contribution in [0.5, 0.6) is 0 Å². The number of carbonyl (C=O) groups excluding carboxylic acids is 1. The molecule has 0 radical (unpaired) electrons. The first-order valence-corrected chi connectivity index (χ1v) is 4.30. The van der Waals surface area contributed by atoms with Gasteiger partial charge in [-0.25, -0.2) is 4.98 Å². The lowest BCUT2D eigenvalue weighted by molar-refractivity contribution is -0.117. The summed E-state index contributed by atoms with van der Waals surface area (Å²) in [7, 11) is 0. The van der Waals surface area contributed by atoms with Crippen LogP contribution in [0.1, 0.15) is 12.8 Å². The average molecular weight is 177 g/mol. The molecule has 4 heteroatoms. The zero-order valence-electron chi connectivity index (χ0n) is 7.23. The molecule has 1 aliphatic heterocycles. The molecule has 1 saturated heterocycles. The van der Waals surface area contributed by atoms with Crippen molar-refractivity contribution >= 4 is 17.4 Å². The van der Waals surface area contributed by atoms with Crippen LogP contribution in [0.15, 0.2) is 18.3 Å². The van der Waals surface area contributed by atoms with Gasteiger partial charge in [-0.1, -0.05) is 0 Å². The third kappa shape index (κ3) is 1.35. The molecule has 4 nitrogen and oxygen atoms in total. The van der Waals surface area contributed by atoms with Crippen molar-refractivity contribution in [2.45, 2.75) is 12.8 Å². The summed E-state index contributed by atoms with van der Waals surface area (Å²) in [5.74, 6) is 0.718. The Morgan fingerprint density at radius 1 is 1.54 bits per heavy atom. The van der Waals surface area contributed by atoms with E-state index >= 15 is 0 Å². The summed E-state index contributed by atoms with van der Waals surface area (Å²) in [6.45, 7) is 0.736. The molecule has 1 aliphatic rings. The molecule has 68 valence electrons. The van der Waals surface area contributed by atoms with E-state index < -0.39 is 0 Å². The van der Waals surface area contributed by atoms with Crippen LogP contribution in [0.25, 0.3) is 0 Å². The van der Waals surface area contributed by atoms with Crippen molar-refractivity contribution in [3.63, 3.8) is 0 Å². The summed E-state index contributed by atoms with van der Waals surface area (Å²) in [5, 5.41) is 0. The van der Waals surface area contributed by atoms with Crippen LogP contribution in [-0.2, 0) is 4.79 Å².